The number of hydrogen-bond donors (Lipinski definition) is 2. The average molecular weight is 552 g/mol. The van der Waals surface area contributed by atoms with E-state index in [4.69, 9.17) is 21.3 Å². The molecule has 11 heteroatoms. The second kappa shape index (κ2) is 11.7. The molecular formula is C30H33N9O2. The third-order valence-electron chi connectivity index (χ3n) is 6.91. The summed E-state index contributed by atoms with van der Waals surface area (Å²) in [7, 11) is 7.59. The quantitative estimate of drug-likeness (QED) is 0.196. The van der Waals surface area contributed by atoms with Gasteiger partial charge in [0, 0.05) is 38.3 Å². The van der Waals surface area contributed by atoms with E-state index in [0.29, 0.717) is 40.5 Å². The molecule has 1 fully saturated rings. The third-order valence-corrected chi connectivity index (χ3v) is 6.91. The minimum Gasteiger partial charge on any atom is -0.494 e. The van der Waals surface area contributed by atoms with Crippen molar-refractivity contribution in [2.75, 3.05) is 56.9 Å². The van der Waals surface area contributed by atoms with Crippen LogP contribution in [0.15, 0.2) is 55.3 Å². The monoisotopic (exact) mass is 551 g/mol. The highest BCUT2D eigenvalue weighted by Gasteiger charge is 2.30. The molecule has 2 aromatic heterocycles. The normalized spacial score (nSPS) is 12.7. The van der Waals surface area contributed by atoms with Crippen molar-refractivity contribution < 1.29 is 9.53 Å². The molecule has 2 heterocycles. The van der Waals surface area contributed by atoms with Crippen molar-refractivity contribution in [3.8, 4) is 11.6 Å². The van der Waals surface area contributed by atoms with E-state index >= 15 is 0 Å². The largest absolute Gasteiger partial charge is 0.494 e. The number of hydrogen-bond acceptors (Lipinski definition) is 8. The summed E-state index contributed by atoms with van der Waals surface area (Å²) < 4.78 is 7.78. The highest BCUT2D eigenvalue weighted by Crippen LogP contribution is 2.42. The number of imidazole rings is 1. The number of anilines is 4. The fourth-order valence-corrected chi connectivity index (χ4v) is 4.57. The van der Waals surface area contributed by atoms with Gasteiger partial charge in [-0.25, -0.2) is 14.8 Å². The van der Waals surface area contributed by atoms with Crippen LogP contribution in [0.4, 0.5) is 28.7 Å². The van der Waals surface area contributed by atoms with Crippen molar-refractivity contribution in [2.24, 2.45) is 0 Å². The lowest BCUT2D eigenvalue weighted by atomic mass is 10.2. The van der Waals surface area contributed by atoms with Gasteiger partial charge in [-0.05, 0) is 57.3 Å². The predicted molar refractivity (Wildman–Crippen MR) is 162 cm³/mol. The lowest BCUT2D eigenvalue weighted by molar-refractivity contribution is -0.111. The van der Waals surface area contributed by atoms with Crippen LogP contribution < -0.4 is 20.3 Å². The summed E-state index contributed by atoms with van der Waals surface area (Å²) in [6.07, 6.45) is 5.07. The molecule has 11 nitrogen and oxygen atoms in total. The fraction of sp³-hybridized carbons (Fsp3) is 0.300. The zero-order chi connectivity index (χ0) is 29.1. The van der Waals surface area contributed by atoms with E-state index < -0.39 is 0 Å². The van der Waals surface area contributed by atoms with E-state index in [-0.39, 0.29) is 5.91 Å². The molecule has 5 rings (SSSR count). The predicted octanol–water partition coefficient (Wildman–Crippen LogP) is 5.12. The first kappa shape index (κ1) is 27.6. The maximum absolute atomic E-state index is 12.3. The van der Waals surface area contributed by atoms with E-state index in [1.54, 1.807) is 19.4 Å². The first-order valence-electron chi connectivity index (χ1n) is 13.3. The summed E-state index contributed by atoms with van der Waals surface area (Å²) in [6, 6.07) is 11.1. The Balaban J connectivity index is 1.53. The Hall–Kier alpha value is -4.95. The van der Waals surface area contributed by atoms with Crippen molar-refractivity contribution in [2.45, 2.75) is 18.8 Å². The van der Waals surface area contributed by atoms with Gasteiger partial charge in [-0.2, -0.15) is 4.98 Å². The Kier molecular flexibility index (Phi) is 7.85. The molecule has 0 atom stereocenters. The summed E-state index contributed by atoms with van der Waals surface area (Å²) in [6.45, 7) is 12.5. The van der Waals surface area contributed by atoms with Gasteiger partial charge >= 0.3 is 0 Å². The number of ether oxygens (including phenoxy) is 1. The molecule has 41 heavy (non-hydrogen) atoms. The Morgan fingerprint density at radius 1 is 1.17 bits per heavy atom. The summed E-state index contributed by atoms with van der Waals surface area (Å²) in [5.74, 6) is 2.57. The van der Waals surface area contributed by atoms with Gasteiger partial charge in [0.05, 0.1) is 41.8 Å². The number of nitrogens with one attached hydrogen (secondary N) is 2. The highest BCUT2D eigenvalue weighted by atomic mass is 16.5. The van der Waals surface area contributed by atoms with E-state index in [1.165, 1.54) is 6.08 Å². The maximum Gasteiger partial charge on any atom is 0.247 e. The molecule has 210 valence electrons. The Morgan fingerprint density at radius 3 is 2.66 bits per heavy atom. The molecular weight excluding hydrogens is 518 g/mol. The number of nitrogens with zero attached hydrogens (tertiary/aromatic N) is 7. The molecule has 0 aliphatic heterocycles. The topological polar surface area (TPSA) is 105 Å². The van der Waals surface area contributed by atoms with Gasteiger partial charge < -0.3 is 25.2 Å². The highest BCUT2D eigenvalue weighted by molar-refractivity contribution is 6.02. The molecule has 2 N–H and O–H groups in total. The SMILES string of the molecule is [C-]#[N+]c1ccc2c(c1)nc(C1CC1)n2-c1ccnc(Nc2cc(NC(=O)C=C)c(N(C)CCN(C)C)cc2OC)n1. The smallest absolute Gasteiger partial charge is 0.247 e. The number of likely N-dealkylation sites (N-methyl/N-ethyl adjacent to an activating group) is 2. The molecule has 1 saturated carbocycles. The Morgan fingerprint density at radius 2 is 1.98 bits per heavy atom. The summed E-state index contributed by atoms with van der Waals surface area (Å²) >= 11 is 0. The molecule has 0 bridgehead atoms. The molecule has 0 spiro atoms. The molecule has 1 aliphatic carbocycles. The van der Waals surface area contributed by atoms with E-state index in [2.05, 4.69) is 36.8 Å². The molecule has 4 aromatic rings. The van der Waals surface area contributed by atoms with Crippen molar-refractivity contribution in [3.05, 3.63) is 72.5 Å². The maximum atomic E-state index is 12.3. The van der Waals surface area contributed by atoms with Gasteiger partial charge in [0.25, 0.3) is 0 Å². The number of aromatic nitrogens is 4. The van der Waals surface area contributed by atoms with Crippen LogP contribution in [0, 0.1) is 6.57 Å². The molecule has 0 saturated heterocycles. The molecule has 2 aromatic carbocycles. The lowest BCUT2D eigenvalue weighted by Crippen LogP contribution is -2.29. The van der Waals surface area contributed by atoms with Crippen LogP contribution in [0.25, 0.3) is 21.7 Å². The Labute approximate surface area is 239 Å². The zero-order valence-corrected chi connectivity index (χ0v) is 23.7. The van der Waals surface area contributed by atoms with Crippen LogP contribution in [-0.4, -0.2) is 71.7 Å². The Bertz CT molecular complexity index is 1650. The van der Waals surface area contributed by atoms with Crippen LogP contribution in [0.1, 0.15) is 24.6 Å². The first-order valence-corrected chi connectivity index (χ1v) is 13.3. The average Bonchev–Trinajstić information content (AvgIpc) is 3.75. The van der Waals surface area contributed by atoms with E-state index in [0.717, 1.165) is 48.5 Å². The number of methoxy groups -OCH3 is 1. The zero-order valence-electron chi connectivity index (χ0n) is 23.7. The lowest BCUT2D eigenvalue weighted by Gasteiger charge is -2.26. The van der Waals surface area contributed by atoms with E-state index in [9.17, 15) is 4.79 Å². The number of carbonyl (C=O) groups is 1. The number of amides is 1. The van der Waals surface area contributed by atoms with Gasteiger partial charge in [-0.1, -0.05) is 12.6 Å². The fourth-order valence-electron chi connectivity index (χ4n) is 4.57. The van der Waals surface area contributed by atoms with Gasteiger partial charge in [-0.3, -0.25) is 9.36 Å². The van der Waals surface area contributed by atoms with Gasteiger partial charge in [0.2, 0.25) is 11.9 Å². The van der Waals surface area contributed by atoms with E-state index in [1.807, 2.05) is 56.0 Å². The second-order valence-corrected chi connectivity index (χ2v) is 10.2. The van der Waals surface area contributed by atoms with Crippen LogP contribution in [0.5, 0.6) is 5.75 Å². The van der Waals surface area contributed by atoms with Crippen LogP contribution in [0.2, 0.25) is 0 Å². The van der Waals surface area contributed by atoms with Crippen LogP contribution >= 0.6 is 0 Å². The van der Waals surface area contributed by atoms with Gasteiger partial charge in [0.1, 0.15) is 17.4 Å². The number of fused-ring (bicyclic) bond motifs is 1. The van der Waals surface area contributed by atoms with Gasteiger partial charge in [0.15, 0.2) is 5.69 Å². The number of carbonyl (C=O) groups excluding carboxylic acids is 1. The minimum absolute atomic E-state index is 0.317. The number of rotatable bonds is 11. The van der Waals surface area contributed by atoms with Crippen LogP contribution in [-0.2, 0) is 4.79 Å². The molecule has 1 amide bonds. The summed E-state index contributed by atoms with van der Waals surface area (Å²) in [5.41, 5.74) is 4.21. The standard InChI is InChI=1S/C30H33N9O2/c1-7-28(40)33-22-17-23(26(41-6)18-25(22)38(5)15-14-37(3)4)35-30-32-13-12-27(36-30)39-24-11-10-20(31-2)16-21(24)34-29(39)19-8-9-19/h7,10-13,16-19H,1,8-9,14-15H2,3-6H3,(H,33,40)(H,32,35,36). The second-order valence-electron chi connectivity index (χ2n) is 10.2. The van der Waals surface area contributed by atoms with Crippen molar-refractivity contribution in [3.63, 3.8) is 0 Å². The van der Waals surface area contributed by atoms with Gasteiger partial charge in [-0.15, -0.1) is 0 Å². The summed E-state index contributed by atoms with van der Waals surface area (Å²) in [5, 5.41) is 6.19. The molecule has 1 aliphatic rings. The van der Waals surface area contributed by atoms with Crippen molar-refractivity contribution in [1.29, 1.82) is 0 Å². The van der Waals surface area contributed by atoms with Crippen LogP contribution in [0.3, 0.4) is 0 Å². The third kappa shape index (κ3) is 5.97. The molecule has 0 radical (unpaired) electrons. The van der Waals surface area contributed by atoms with Crippen molar-refractivity contribution >= 4 is 45.6 Å². The number of benzene rings is 2. The van der Waals surface area contributed by atoms with Crippen molar-refractivity contribution in [1.82, 2.24) is 24.4 Å². The molecule has 0 unspecified atom stereocenters. The first-order chi connectivity index (χ1) is 19.8. The minimum atomic E-state index is -0.317. The summed E-state index contributed by atoms with van der Waals surface area (Å²) in [4.78, 5) is 34.2.